The summed E-state index contributed by atoms with van der Waals surface area (Å²) in [7, 11) is 0. The largest absolute Gasteiger partial charge is 0.343 e. The van der Waals surface area contributed by atoms with Crippen molar-refractivity contribution in [2.24, 2.45) is 0 Å². The van der Waals surface area contributed by atoms with Gasteiger partial charge in [0.15, 0.2) is 0 Å². The summed E-state index contributed by atoms with van der Waals surface area (Å²) in [6, 6.07) is 13.9. The van der Waals surface area contributed by atoms with Crippen molar-refractivity contribution in [3.05, 3.63) is 63.6 Å². The maximum absolute atomic E-state index is 11.9. The Morgan fingerprint density at radius 3 is 2.57 bits per heavy atom. The molecular formula is C15H12BrClN2O2. The molecule has 0 heterocycles. The lowest BCUT2D eigenvalue weighted by atomic mass is 10.2. The molecule has 0 radical (unpaired) electrons. The summed E-state index contributed by atoms with van der Waals surface area (Å²) in [4.78, 5) is 23.7. The molecular weight excluding hydrogens is 356 g/mol. The van der Waals surface area contributed by atoms with Crippen LogP contribution in [0.5, 0.6) is 0 Å². The van der Waals surface area contributed by atoms with Gasteiger partial charge in [-0.25, -0.2) is 0 Å². The summed E-state index contributed by atoms with van der Waals surface area (Å²) < 4.78 is 0.861. The van der Waals surface area contributed by atoms with Gasteiger partial charge < -0.3 is 10.6 Å². The number of benzene rings is 2. The summed E-state index contributed by atoms with van der Waals surface area (Å²) in [5.41, 5.74) is 0.996. The molecule has 2 rings (SSSR count). The minimum Gasteiger partial charge on any atom is -0.343 e. The lowest BCUT2D eigenvalue weighted by molar-refractivity contribution is -0.115. The highest BCUT2D eigenvalue weighted by Crippen LogP contribution is 2.16. The third kappa shape index (κ3) is 4.58. The summed E-state index contributed by atoms with van der Waals surface area (Å²) >= 11 is 9.23. The highest BCUT2D eigenvalue weighted by atomic mass is 79.9. The number of carbonyl (C=O) groups is 2. The van der Waals surface area contributed by atoms with Gasteiger partial charge in [0.2, 0.25) is 5.91 Å². The number of anilines is 1. The van der Waals surface area contributed by atoms with Crippen molar-refractivity contribution in [2.45, 2.75) is 0 Å². The first-order valence-corrected chi connectivity index (χ1v) is 7.31. The van der Waals surface area contributed by atoms with Gasteiger partial charge in [0.05, 0.1) is 17.1 Å². The van der Waals surface area contributed by atoms with E-state index in [1.165, 1.54) is 0 Å². The van der Waals surface area contributed by atoms with Crippen LogP contribution in [0.25, 0.3) is 0 Å². The minimum absolute atomic E-state index is 0.128. The van der Waals surface area contributed by atoms with Crippen LogP contribution in [-0.4, -0.2) is 18.4 Å². The molecule has 0 saturated heterocycles. The molecule has 2 aromatic carbocycles. The van der Waals surface area contributed by atoms with Crippen LogP contribution in [0.3, 0.4) is 0 Å². The first-order valence-electron chi connectivity index (χ1n) is 6.14. The van der Waals surface area contributed by atoms with Crippen LogP contribution in [0, 0.1) is 0 Å². The Morgan fingerprint density at radius 2 is 1.86 bits per heavy atom. The van der Waals surface area contributed by atoms with Crippen molar-refractivity contribution >= 4 is 45.0 Å². The Kier molecular flexibility index (Phi) is 5.36. The second-order valence-corrected chi connectivity index (χ2v) is 5.54. The molecule has 0 atom stereocenters. The van der Waals surface area contributed by atoms with E-state index in [4.69, 9.17) is 11.6 Å². The van der Waals surface area contributed by atoms with E-state index >= 15 is 0 Å². The van der Waals surface area contributed by atoms with Crippen molar-refractivity contribution in [3.63, 3.8) is 0 Å². The SMILES string of the molecule is O=C(CNC(=O)c1ccccc1Cl)Nc1cccc(Br)c1. The predicted octanol–water partition coefficient (Wildman–Crippen LogP) is 3.47. The molecule has 4 nitrogen and oxygen atoms in total. The molecule has 0 fully saturated rings. The van der Waals surface area contributed by atoms with Gasteiger partial charge in [-0.1, -0.05) is 45.7 Å². The molecule has 108 valence electrons. The van der Waals surface area contributed by atoms with E-state index in [1.807, 2.05) is 12.1 Å². The van der Waals surface area contributed by atoms with Crippen LogP contribution in [0.15, 0.2) is 53.0 Å². The van der Waals surface area contributed by atoms with Crippen LogP contribution >= 0.6 is 27.5 Å². The number of hydrogen-bond acceptors (Lipinski definition) is 2. The van der Waals surface area contributed by atoms with Crippen LogP contribution in [0.4, 0.5) is 5.69 Å². The van der Waals surface area contributed by atoms with Crippen molar-refractivity contribution in [3.8, 4) is 0 Å². The molecule has 0 aliphatic heterocycles. The van der Waals surface area contributed by atoms with Crippen molar-refractivity contribution in [1.29, 1.82) is 0 Å². The van der Waals surface area contributed by atoms with E-state index in [0.29, 0.717) is 16.3 Å². The fourth-order valence-electron chi connectivity index (χ4n) is 1.67. The van der Waals surface area contributed by atoms with E-state index in [0.717, 1.165) is 4.47 Å². The highest BCUT2D eigenvalue weighted by molar-refractivity contribution is 9.10. The molecule has 0 bridgehead atoms. The third-order valence-electron chi connectivity index (χ3n) is 2.64. The zero-order valence-corrected chi connectivity index (χ0v) is 13.2. The maximum Gasteiger partial charge on any atom is 0.253 e. The van der Waals surface area contributed by atoms with Gasteiger partial charge in [0.1, 0.15) is 0 Å². The van der Waals surface area contributed by atoms with E-state index in [-0.39, 0.29) is 18.4 Å². The van der Waals surface area contributed by atoms with Crippen molar-refractivity contribution in [2.75, 3.05) is 11.9 Å². The average molecular weight is 368 g/mol. The molecule has 0 saturated carbocycles. The monoisotopic (exact) mass is 366 g/mol. The zero-order chi connectivity index (χ0) is 15.2. The van der Waals surface area contributed by atoms with E-state index in [1.54, 1.807) is 36.4 Å². The highest BCUT2D eigenvalue weighted by Gasteiger charge is 2.11. The maximum atomic E-state index is 11.9. The van der Waals surface area contributed by atoms with Crippen LogP contribution < -0.4 is 10.6 Å². The van der Waals surface area contributed by atoms with Gasteiger partial charge in [0, 0.05) is 10.2 Å². The number of rotatable bonds is 4. The molecule has 2 N–H and O–H groups in total. The van der Waals surface area contributed by atoms with E-state index in [9.17, 15) is 9.59 Å². The van der Waals surface area contributed by atoms with Gasteiger partial charge >= 0.3 is 0 Å². The molecule has 6 heteroatoms. The quantitative estimate of drug-likeness (QED) is 0.869. The first-order chi connectivity index (χ1) is 10.1. The van der Waals surface area contributed by atoms with E-state index < -0.39 is 0 Å². The van der Waals surface area contributed by atoms with Gasteiger partial charge in [-0.15, -0.1) is 0 Å². The fraction of sp³-hybridized carbons (Fsp3) is 0.0667. The van der Waals surface area contributed by atoms with Crippen molar-refractivity contribution in [1.82, 2.24) is 5.32 Å². The van der Waals surface area contributed by atoms with Crippen molar-refractivity contribution < 1.29 is 9.59 Å². The summed E-state index contributed by atoms with van der Waals surface area (Å²) in [6.07, 6.45) is 0. The van der Waals surface area contributed by atoms with E-state index in [2.05, 4.69) is 26.6 Å². The number of amides is 2. The number of halogens is 2. The summed E-state index contributed by atoms with van der Waals surface area (Å²) in [5.74, 6) is -0.696. The Hall–Kier alpha value is -1.85. The van der Waals surface area contributed by atoms with Crippen LogP contribution in [0.1, 0.15) is 10.4 Å². The lowest BCUT2D eigenvalue weighted by Crippen LogP contribution is -2.33. The second kappa shape index (κ2) is 7.24. The van der Waals surface area contributed by atoms with Gasteiger partial charge in [-0.05, 0) is 30.3 Å². The summed E-state index contributed by atoms with van der Waals surface area (Å²) in [5, 5.41) is 5.56. The zero-order valence-electron chi connectivity index (χ0n) is 10.9. The fourth-order valence-corrected chi connectivity index (χ4v) is 2.29. The third-order valence-corrected chi connectivity index (χ3v) is 3.46. The van der Waals surface area contributed by atoms with Gasteiger partial charge in [-0.2, -0.15) is 0 Å². The molecule has 2 amide bonds. The summed E-state index contributed by atoms with van der Waals surface area (Å²) in [6.45, 7) is -0.128. The molecule has 2 aromatic rings. The van der Waals surface area contributed by atoms with Crippen LogP contribution in [0.2, 0.25) is 5.02 Å². The van der Waals surface area contributed by atoms with Crippen LogP contribution in [-0.2, 0) is 4.79 Å². The molecule has 0 spiro atoms. The smallest absolute Gasteiger partial charge is 0.253 e. The first kappa shape index (κ1) is 15.5. The van der Waals surface area contributed by atoms with Gasteiger partial charge in [-0.3, -0.25) is 9.59 Å². The average Bonchev–Trinajstić information content (AvgIpc) is 2.45. The topological polar surface area (TPSA) is 58.2 Å². The number of hydrogen-bond donors (Lipinski definition) is 2. The number of nitrogens with one attached hydrogen (secondary N) is 2. The predicted molar refractivity (Wildman–Crippen MR) is 86.6 cm³/mol. The minimum atomic E-state index is -0.384. The van der Waals surface area contributed by atoms with Gasteiger partial charge in [0.25, 0.3) is 5.91 Å². The number of carbonyl (C=O) groups excluding carboxylic acids is 2. The second-order valence-electron chi connectivity index (χ2n) is 4.22. The Morgan fingerprint density at radius 1 is 1.10 bits per heavy atom. The Bertz CT molecular complexity index is 676. The Balaban J connectivity index is 1.90. The molecule has 21 heavy (non-hydrogen) atoms. The molecule has 0 aromatic heterocycles. The molecule has 0 aliphatic carbocycles. The lowest BCUT2D eigenvalue weighted by Gasteiger charge is -2.08. The normalized spacial score (nSPS) is 10.0. The Labute approximate surface area is 135 Å². The molecule has 0 aliphatic rings. The standard InChI is InChI=1S/C15H12BrClN2O2/c16-10-4-3-5-11(8-10)19-14(20)9-18-15(21)12-6-1-2-7-13(12)17/h1-8H,9H2,(H,18,21)(H,19,20). The molecule has 0 unspecified atom stereocenters.